The van der Waals surface area contributed by atoms with E-state index in [1.54, 1.807) is 18.2 Å². The van der Waals surface area contributed by atoms with E-state index in [-0.39, 0.29) is 17.1 Å². The maximum absolute atomic E-state index is 12.6. The van der Waals surface area contributed by atoms with Gasteiger partial charge in [-0.3, -0.25) is 4.79 Å². The summed E-state index contributed by atoms with van der Waals surface area (Å²) in [5.74, 6) is 0.378. The monoisotopic (exact) mass is 260 g/mol. The Morgan fingerprint density at radius 2 is 2.00 bits per heavy atom. The zero-order valence-electron chi connectivity index (χ0n) is 11.3. The molecule has 0 unspecified atom stereocenters. The van der Waals surface area contributed by atoms with Gasteiger partial charge in [-0.2, -0.15) is 0 Å². The van der Waals surface area contributed by atoms with Crippen molar-refractivity contribution >= 4 is 17.3 Å². The molecule has 4 nitrogen and oxygen atoms in total. The first-order valence-electron chi connectivity index (χ1n) is 6.96. The number of phenolic OH excluding ortho intramolecular Hbond substituents is 1. The van der Waals surface area contributed by atoms with Crippen molar-refractivity contribution in [3.63, 3.8) is 0 Å². The number of carbonyl (C=O) groups excluding carboxylic acids is 1. The molecule has 1 saturated carbocycles. The molecule has 1 spiro atoms. The molecule has 2 N–H and O–H groups in total. The van der Waals surface area contributed by atoms with E-state index in [0.717, 1.165) is 43.6 Å². The molecule has 1 aromatic rings. The second kappa shape index (κ2) is 4.44. The van der Waals surface area contributed by atoms with Crippen molar-refractivity contribution in [2.45, 2.75) is 32.1 Å². The normalized spacial score (nSPS) is 21.7. The predicted molar refractivity (Wildman–Crippen MR) is 75.5 cm³/mol. The van der Waals surface area contributed by atoms with E-state index < -0.39 is 0 Å². The molecule has 0 saturated heterocycles. The fraction of sp³-hybridized carbons (Fsp3) is 0.533. The maximum atomic E-state index is 12.6. The number of carbonyl (C=O) groups is 1. The summed E-state index contributed by atoms with van der Waals surface area (Å²) in [5.41, 5.74) is 1.44. The van der Waals surface area contributed by atoms with Gasteiger partial charge in [-0.1, -0.05) is 19.3 Å². The molecule has 4 heteroatoms. The lowest BCUT2D eigenvalue weighted by Gasteiger charge is -2.36. The molecule has 0 bridgehead atoms. The second-order valence-corrected chi connectivity index (χ2v) is 5.85. The molecule has 2 aliphatic rings. The molecule has 1 aromatic carbocycles. The number of rotatable bonds is 0. The van der Waals surface area contributed by atoms with Crippen LogP contribution >= 0.6 is 0 Å². The zero-order chi connectivity index (χ0) is 13.5. The molecular formula is C15H20N2O2. The maximum Gasteiger partial charge on any atom is 0.232 e. The third-order valence-corrected chi connectivity index (χ3v) is 4.47. The van der Waals surface area contributed by atoms with Gasteiger partial charge >= 0.3 is 0 Å². The Labute approximate surface area is 113 Å². The topological polar surface area (TPSA) is 52.6 Å². The van der Waals surface area contributed by atoms with Gasteiger partial charge in [0.15, 0.2) is 0 Å². The van der Waals surface area contributed by atoms with Crippen molar-refractivity contribution in [3.05, 3.63) is 18.2 Å². The van der Waals surface area contributed by atoms with Crippen molar-refractivity contribution in [2.24, 2.45) is 5.41 Å². The molecule has 19 heavy (non-hydrogen) atoms. The number of nitrogens with one attached hydrogen (secondary N) is 1. The van der Waals surface area contributed by atoms with Gasteiger partial charge in [0.1, 0.15) is 5.75 Å². The van der Waals surface area contributed by atoms with Gasteiger partial charge in [-0.15, -0.1) is 0 Å². The van der Waals surface area contributed by atoms with Gasteiger partial charge in [0.2, 0.25) is 5.91 Å². The minimum absolute atomic E-state index is 0.142. The van der Waals surface area contributed by atoms with Crippen LogP contribution in [0.1, 0.15) is 32.1 Å². The summed E-state index contributed by atoms with van der Waals surface area (Å²) in [5, 5.41) is 12.7. The zero-order valence-corrected chi connectivity index (χ0v) is 11.3. The first-order valence-corrected chi connectivity index (χ1v) is 6.96. The standard InChI is InChI=1S/C15H20N2O2/c1-17-10-15(7-3-2-4-8-15)14(19)16-12-6-5-11(18)9-13(12)17/h5-6,9,18H,2-4,7-8,10H2,1H3,(H,16,19). The summed E-state index contributed by atoms with van der Waals surface area (Å²) in [7, 11) is 1.99. The molecule has 0 radical (unpaired) electrons. The fourth-order valence-electron chi connectivity index (χ4n) is 3.42. The molecule has 0 aromatic heterocycles. The smallest absolute Gasteiger partial charge is 0.232 e. The van der Waals surface area contributed by atoms with Gasteiger partial charge in [-0.25, -0.2) is 0 Å². The van der Waals surface area contributed by atoms with Crippen LogP contribution in [-0.2, 0) is 4.79 Å². The number of amides is 1. The number of hydrogen-bond acceptors (Lipinski definition) is 3. The third kappa shape index (κ3) is 2.05. The number of anilines is 2. The number of hydrogen-bond donors (Lipinski definition) is 2. The van der Waals surface area contributed by atoms with Crippen LogP contribution in [0.3, 0.4) is 0 Å². The van der Waals surface area contributed by atoms with E-state index in [4.69, 9.17) is 0 Å². The van der Waals surface area contributed by atoms with Gasteiger partial charge in [0.25, 0.3) is 0 Å². The number of benzene rings is 1. The van der Waals surface area contributed by atoms with Crippen LogP contribution < -0.4 is 10.2 Å². The average molecular weight is 260 g/mol. The van der Waals surface area contributed by atoms with Crippen molar-refractivity contribution in [1.29, 1.82) is 0 Å². The molecular weight excluding hydrogens is 240 g/mol. The van der Waals surface area contributed by atoms with E-state index in [1.165, 1.54) is 6.42 Å². The van der Waals surface area contributed by atoms with E-state index in [0.29, 0.717) is 0 Å². The number of aromatic hydroxyl groups is 1. The van der Waals surface area contributed by atoms with Crippen LogP contribution in [0.2, 0.25) is 0 Å². The molecule has 3 rings (SSSR count). The Bertz CT molecular complexity index is 507. The van der Waals surface area contributed by atoms with Crippen molar-refractivity contribution in [2.75, 3.05) is 23.8 Å². The lowest BCUT2D eigenvalue weighted by molar-refractivity contribution is -0.126. The van der Waals surface area contributed by atoms with Gasteiger partial charge in [0.05, 0.1) is 16.8 Å². The summed E-state index contributed by atoms with van der Waals surface area (Å²) in [4.78, 5) is 14.7. The van der Waals surface area contributed by atoms with Crippen LogP contribution in [0.15, 0.2) is 18.2 Å². The second-order valence-electron chi connectivity index (χ2n) is 5.85. The van der Waals surface area contributed by atoms with E-state index >= 15 is 0 Å². The molecule has 1 fully saturated rings. The van der Waals surface area contributed by atoms with Crippen molar-refractivity contribution < 1.29 is 9.90 Å². The van der Waals surface area contributed by atoms with E-state index in [1.807, 2.05) is 7.05 Å². The highest BCUT2D eigenvalue weighted by Gasteiger charge is 2.42. The molecule has 1 amide bonds. The van der Waals surface area contributed by atoms with Crippen LogP contribution in [0.5, 0.6) is 5.75 Å². The molecule has 1 aliphatic heterocycles. The lowest BCUT2D eigenvalue weighted by atomic mass is 9.73. The molecule has 1 aliphatic carbocycles. The quantitative estimate of drug-likeness (QED) is 0.705. The van der Waals surface area contributed by atoms with Gasteiger partial charge in [0, 0.05) is 19.7 Å². The molecule has 1 heterocycles. The first kappa shape index (κ1) is 12.3. The highest BCUT2D eigenvalue weighted by Crippen LogP contribution is 2.43. The summed E-state index contributed by atoms with van der Waals surface area (Å²) in [6.45, 7) is 0.731. The number of fused-ring (bicyclic) bond motifs is 1. The van der Waals surface area contributed by atoms with Gasteiger partial charge < -0.3 is 15.3 Å². The van der Waals surface area contributed by atoms with Gasteiger partial charge in [-0.05, 0) is 25.0 Å². The molecule has 0 atom stereocenters. The van der Waals surface area contributed by atoms with E-state index in [9.17, 15) is 9.90 Å². The Hall–Kier alpha value is -1.71. The highest BCUT2D eigenvalue weighted by atomic mass is 16.3. The summed E-state index contributed by atoms with van der Waals surface area (Å²) in [6, 6.07) is 5.12. The van der Waals surface area contributed by atoms with Crippen molar-refractivity contribution in [3.8, 4) is 5.75 Å². The number of phenols is 1. The Balaban J connectivity index is 1.99. The lowest BCUT2D eigenvalue weighted by Crippen LogP contribution is -2.44. The summed E-state index contributed by atoms with van der Waals surface area (Å²) >= 11 is 0. The van der Waals surface area contributed by atoms with Crippen molar-refractivity contribution in [1.82, 2.24) is 0 Å². The Morgan fingerprint density at radius 3 is 2.74 bits per heavy atom. The first-order chi connectivity index (χ1) is 9.11. The summed E-state index contributed by atoms with van der Waals surface area (Å²) < 4.78 is 0. The SMILES string of the molecule is CN1CC2(CCCCC2)C(=O)Nc2ccc(O)cc21. The minimum atomic E-state index is -0.262. The Kier molecular flexibility index (Phi) is 2.88. The average Bonchev–Trinajstić information content (AvgIpc) is 2.49. The van der Waals surface area contributed by atoms with Crippen LogP contribution in [0.4, 0.5) is 11.4 Å². The number of nitrogens with zero attached hydrogens (tertiary/aromatic N) is 1. The van der Waals surface area contributed by atoms with Crippen LogP contribution in [-0.4, -0.2) is 24.6 Å². The highest BCUT2D eigenvalue weighted by molar-refractivity contribution is 6.00. The summed E-state index contributed by atoms with van der Waals surface area (Å²) in [6.07, 6.45) is 5.41. The Morgan fingerprint density at radius 1 is 1.26 bits per heavy atom. The largest absolute Gasteiger partial charge is 0.508 e. The van der Waals surface area contributed by atoms with E-state index in [2.05, 4.69) is 10.2 Å². The third-order valence-electron chi connectivity index (χ3n) is 4.47. The minimum Gasteiger partial charge on any atom is -0.508 e. The molecule has 102 valence electrons. The fourth-order valence-corrected chi connectivity index (χ4v) is 3.42. The van der Waals surface area contributed by atoms with Crippen LogP contribution in [0.25, 0.3) is 0 Å². The predicted octanol–water partition coefficient (Wildman–Crippen LogP) is 2.73. The van der Waals surface area contributed by atoms with Crippen LogP contribution in [0, 0.1) is 5.41 Å².